The maximum atomic E-state index is 12.0. The fraction of sp³-hybridized carbons (Fsp3) is 0.500. The minimum absolute atomic E-state index is 0. The van der Waals surface area contributed by atoms with Crippen molar-refractivity contribution < 1.29 is 93.2 Å². The largest absolute Gasteiger partial charge is 1.00 e. The molecule has 0 amide bonds. The van der Waals surface area contributed by atoms with E-state index in [-0.39, 0.29) is 78.0 Å². The number of carbonyl (C=O) groups is 3. The number of alkyl halides is 1. The standard InChI is InChI=1S/C17H20N2O2.C17H21NO.2C16H18N2O2.C15H18N2O.C3H7I.CBrN.CH4O.2CH4.B.Na.H2O4S.H/c1-19-9-11(17(20)21-2)6-13-12-4-3-5-14-16(12)10(8-18-14)7-15(13)19;1-10-5-11(9-19)6-15-13-3-2-4-16-17(13)12(8-18-16)7-14(10)15;2*1-18-8-10(16(19)20)5-12-11-3-2-4-13-15(11)9(7-17-13)6-14(12)18;18-8-9-4-12-11-2-1-3-13-15(11)10(7-17-13)5-14(12)16-6-9;1-2-3-4;2-1-3;1-2;;;;;1-5(2,3)4;/h3-5,8,11,13,15,18H,6-7,9H2,1-2H3;2-4,8,10-11,14-15,18-19H,5-7,9H2,1H3;2*2-4,7,10,12,14,17H,5-6,8H2,1H3,(H,19,20);1-3,7,9,12,14,16-18H,4-6,8H2;2-3H2,1H3;;2H,1H3;2*1H4;;;(H2,1,2,3,4);/q;;;;;;;;;;;+1;;-1/t11-,13-,15-;10?,11-,14-,15+;2*10-,12-,14-;9-,12-,14-;;;;;;;;;/m10111........./s1. The number of carboxylic acid groups (broad SMARTS) is 2. The number of aliphatic hydroxyl groups excluding tert-OH is 3. The van der Waals surface area contributed by atoms with E-state index in [4.69, 9.17) is 32.6 Å². The first kappa shape index (κ1) is 95.0. The second-order valence-corrected chi connectivity index (χ2v) is 34.5. The Morgan fingerprint density at radius 3 is 1.17 bits per heavy atom. The number of piperidine rings is 4. The Kier molecular flexibility index (Phi) is 34.6. The number of ether oxygens (including phenoxy) is 1. The van der Waals surface area contributed by atoms with Gasteiger partial charge >= 0.3 is 57.9 Å². The van der Waals surface area contributed by atoms with Crippen LogP contribution in [0.25, 0.3) is 54.5 Å². The van der Waals surface area contributed by atoms with Crippen LogP contribution in [0, 0.1) is 51.7 Å². The summed E-state index contributed by atoms with van der Waals surface area (Å²) in [6, 6.07) is 34.3. The van der Waals surface area contributed by atoms with E-state index in [0.717, 1.165) is 83.9 Å². The molecule has 6 aliphatic carbocycles. The number of fused-ring (bicyclic) bond motifs is 10. The molecule has 5 aromatic heterocycles. The zero-order valence-corrected chi connectivity index (χ0v) is 72.9. The van der Waals surface area contributed by atoms with Crippen molar-refractivity contribution in [2.24, 2.45) is 41.4 Å². The van der Waals surface area contributed by atoms with E-state index < -0.39 is 22.3 Å². The summed E-state index contributed by atoms with van der Waals surface area (Å²) >= 11 is 4.80. The van der Waals surface area contributed by atoms with Crippen LogP contribution in [0.2, 0.25) is 0 Å². The van der Waals surface area contributed by atoms with E-state index in [1.807, 2.05) is 0 Å². The topological polar surface area (TPSA) is 361 Å². The Morgan fingerprint density at radius 2 is 0.845 bits per heavy atom. The minimum atomic E-state index is -4.67. The van der Waals surface area contributed by atoms with Gasteiger partial charge in [-0.05, 0) is 218 Å². The molecule has 5 fully saturated rings. The van der Waals surface area contributed by atoms with Crippen LogP contribution in [0.3, 0.4) is 0 Å². The van der Waals surface area contributed by atoms with Crippen LogP contribution < -0.4 is 34.9 Å². The predicted molar refractivity (Wildman–Crippen MR) is 470 cm³/mol. The van der Waals surface area contributed by atoms with Gasteiger partial charge in [0.15, 0.2) is 0 Å². The molecule has 0 spiro atoms. The maximum Gasteiger partial charge on any atom is 1.00 e. The van der Waals surface area contributed by atoms with E-state index in [2.05, 4.69) is 240 Å². The number of likely N-dealkylation sites (tertiary alicyclic amines) is 3. The summed E-state index contributed by atoms with van der Waals surface area (Å²) < 4.78 is 37.8. The van der Waals surface area contributed by atoms with Crippen molar-refractivity contribution in [3.8, 4) is 4.98 Å². The number of nitriles is 1. The van der Waals surface area contributed by atoms with Crippen molar-refractivity contribution in [1.29, 1.82) is 5.26 Å². The van der Waals surface area contributed by atoms with Crippen LogP contribution in [0.15, 0.2) is 122 Å². The number of aliphatic carboxylic acids is 2. The number of aliphatic hydroxyl groups is 3. The fourth-order valence-electron chi connectivity index (χ4n) is 20.9. The van der Waals surface area contributed by atoms with Crippen LogP contribution in [-0.4, -0.2) is 212 Å². The molecule has 10 aliphatic rings. The van der Waals surface area contributed by atoms with Crippen molar-refractivity contribution in [3.05, 3.63) is 178 Å². The van der Waals surface area contributed by atoms with Crippen molar-refractivity contribution in [2.75, 3.05) is 79.2 Å². The SMILES string of the molecule is C.C.CC1C[C@H](CO)C[C@@H]2c3cccc4[nH]cc(c34)C[C@@H]12.CCCI.CN1C[C@H](C(=O)O)C[C@@H]2c3cccc4[nH]cc(c34)C[C@H]21.CN1C[C@H](C(=O)O)C[C@@H]2c3cccc4[nH]cc(c34)C[C@H]21.CO.COC(=O)[C@@H]1C[C@@H]2c3cccc4[nH]cc(c34)C[C@H]2N(C)C1.N#CBr.O=S(=O)(O)O.OC[C@H]1CN[C@@H]2Cc3c[nH]c4cccc(c34)[C@H]2C1.[B].[H-].[Na+]. The van der Waals surface area contributed by atoms with Gasteiger partial charge in [-0.3, -0.25) is 23.5 Å². The number of hydrogen-bond acceptors (Lipinski definition) is 14. The molecule has 10 aromatic rings. The number of likely N-dealkylation sites (N-methyl/N-ethyl adjacent to an activating group) is 3. The van der Waals surface area contributed by atoms with Crippen molar-refractivity contribution >= 4 is 130 Å². The first-order valence-electron chi connectivity index (χ1n) is 39.2. The predicted octanol–water partition coefficient (Wildman–Crippen LogP) is 11.6. The molecule has 16 atom stereocenters. The molecule has 1 saturated carbocycles. The van der Waals surface area contributed by atoms with Crippen molar-refractivity contribution in [3.63, 3.8) is 0 Å². The fourth-order valence-corrected chi connectivity index (χ4v) is 20.9. The summed E-state index contributed by atoms with van der Waals surface area (Å²) in [4.78, 5) is 60.0. The average molecular weight is 1800 g/mol. The molecular formula is C88H117BBrIN10NaO13S. The number of aromatic nitrogens is 5. The van der Waals surface area contributed by atoms with Gasteiger partial charge in [-0.25, -0.2) is 0 Å². The molecular weight excluding hydrogens is 1680 g/mol. The van der Waals surface area contributed by atoms with Crippen molar-refractivity contribution in [2.45, 2.75) is 160 Å². The van der Waals surface area contributed by atoms with Crippen LogP contribution >= 0.6 is 38.5 Å². The number of halogens is 2. The summed E-state index contributed by atoms with van der Waals surface area (Å²) in [6.45, 7) is 8.26. The summed E-state index contributed by atoms with van der Waals surface area (Å²) in [5, 5.41) is 62.4. The third-order valence-electron chi connectivity index (χ3n) is 25.7. The Balaban J connectivity index is 0.000000192. The number of benzene rings is 5. The molecule has 23 nitrogen and oxygen atoms in total. The van der Waals surface area contributed by atoms with Crippen LogP contribution in [0.4, 0.5) is 0 Å². The number of methoxy groups -OCH3 is 1. The summed E-state index contributed by atoms with van der Waals surface area (Å²) in [6.07, 6.45) is 23.3. The zero-order chi connectivity index (χ0) is 80.0. The number of rotatable bonds is 6. The Hall–Kier alpha value is -6.44. The molecule has 116 heavy (non-hydrogen) atoms. The van der Waals surface area contributed by atoms with Gasteiger partial charge in [0, 0.05) is 204 Å². The first-order valence-corrected chi connectivity index (χ1v) is 42.9. The molecule has 0 bridgehead atoms. The summed E-state index contributed by atoms with van der Waals surface area (Å²) in [5.74, 6) is 2.74. The van der Waals surface area contributed by atoms with E-state index in [0.29, 0.717) is 97.8 Å². The van der Waals surface area contributed by atoms with Gasteiger partial charge in [-0.1, -0.05) is 112 Å². The second-order valence-electron chi connectivity index (χ2n) is 32.2. The molecule has 1 unspecified atom stereocenters. The molecule has 13 N–H and O–H groups in total. The van der Waals surface area contributed by atoms with E-state index in [1.165, 1.54) is 141 Å². The molecule has 621 valence electrons. The number of carboxylic acids is 2. The summed E-state index contributed by atoms with van der Waals surface area (Å²) in [7, 11) is 4.07. The van der Waals surface area contributed by atoms with Crippen molar-refractivity contribution in [1.82, 2.24) is 44.9 Å². The van der Waals surface area contributed by atoms with Gasteiger partial charge in [0.05, 0.1) is 24.9 Å². The Labute approximate surface area is 729 Å². The number of H-pyrrole nitrogens is 5. The van der Waals surface area contributed by atoms with Gasteiger partial charge in [0.2, 0.25) is 0 Å². The molecule has 5 aromatic carbocycles. The minimum Gasteiger partial charge on any atom is -1.00 e. The molecule has 9 heterocycles. The number of nitrogens with zero attached hydrogens (tertiary/aromatic N) is 4. The van der Waals surface area contributed by atoms with E-state index in [9.17, 15) is 34.8 Å². The van der Waals surface area contributed by atoms with Gasteiger partial charge in [-0.2, -0.15) is 13.7 Å². The van der Waals surface area contributed by atoms with Crippen LogP contribution in [-0.2, 0) is 61.6 Å². The van der Waals surface area contributed by atoms with Gasteiger partial charge < -0.3 is 76.6 Å². The zero-order valence-electron chi connectivity index (χ0n) is 67.3. The number of hydrogen-bond donors (Lipinski definition) is 13. The van der Waals surface area contributed by atoms with Gasteiger partial charge in [0.1, 0.15) is 4.98 Å². The molecule has 4 aliphatic heterocycles. The Bertz CT molecular complexity index is 4980. The normalized spacial score (nSPS) is 26.3. The van der Waals surface area contributed by atoms with Crippen LogP contribution in [0.5, 0.6) is 0 Å². The van der Waals surface area contributed by atoms with E-state index >= 15 is 0 Å². The average Bonchev–Trinajstić information content (AvgIpc) is 1.72. The smallest absolute Gasteiger partial charge is 1.00 e. The number of aromatic amines is 5. The first-order chi connectivity index (χ1) is 53.9. The molecule has 3 radical (unpaired) electrons. The van der Waals surface area contributed by atoms with E-state index in [1.54, 1.807) is 4.98 Å². The monoisotopic (exact) mass is 1790 g/mol. The third-order valence-corrected chi connectivity index (χ3v) is 26.8. The number of carbonyl (C=O) groups excluding carboxylic acids is 1. The molecule has 28 heteroatoms. The van der Waals surface area contributed by atoms with Crippen LogP contribution in [0.1, 0.15) is 160 Å². The number of esters is 1. The van der Waals surface area contributed by atoms with Gasteiger partial charge in [0.25, 0.3) is 0 Å². The molecule has 20 rings (SSSR count). The molecule has 4 saturated heterocycles. The second kappa shape index (κ2) is 42.2. The van der Waals surface area contributed by atoms with Gasteiger partial charge in [-0.15, -0.1) is 0 Å². The third kappa shape index (κ3) is 20.4. The summed E-state index contributed by atoms with van der Waals surface area (Å²) in [5.41, 5.74) is 20.2. The quantitative estimate of drug-likeness (QED) is 0.0242. The number of nitrogens with one attached hydrogen (secondary N) is 6. The Morgan fingerprint density at radius 1 is 0.543 bits per heavy atom. The maximum absolute atomic E-state index is 12.0.